The van der Waals surface area contributed by atoms with E-state index in [4.69, 9.17) is 4.74 Å². The Morgan fingerprint density at radius 3 is 2.81 bits per heavy atom. The lowest BCUT2D eigenvalue weighted by Gasteiger charge is -2.25. The Balaban J connectivity index is 1.47. The van der Waals surface area contributed by atoms with Gasteiger partial charge in [0, 0.05) is 36.0 Å². The van der Waals surface area contributed by atoms with Crippen molar-refractivity contribution in [3.05, 3.63) is 76.2 Å². The maximum Gasteiger partial charge on any atom is 0.254 e. The van der Waals surface area contributed by atoms with Gasteiger partial charge < -0.3 is 9.64 Å². The molecule has 6 heteroatoms. The number of ether oxygens (including phenoxy) is 1. The Morgan fingerprint density at radius 2 is 2.15 bits per heavy atom. The molecule has 1 saturated heterocycles. The standard InChI is InChI=1S/C21H23N3O2S/c25-21(18-8-6-17(7-9-18)14-24-11-3-10-22-24)23(15-19-4-1-12-26-19)16-20-5-2-13-27-20/h2-3,5-11,13,19H,1,4,12,14-16H2. The number of carbonyl (C=O) groups is 1. The highest BCUT2D eigenvalue weighted by molar-refractivity contribution is 7.09. The SMILES string of the molecule is O=C(c1ccc(Cn2cccn2)cc1)N(Cc1cccs1)CC1CCCO1. The highest BCUT2D eigenvalue weighted by Gasteiger charge is 2.24. The van der Waals surface area contributed by atoms with Gasteiger partial charge >= 0.3 is 0 Å². The lowest BCUT2D eigenvalue weighted by Crippen LogP contribution is -2.36. The van der Waals surface area contributed by atoms with Crippen molar-refractivity contribution in [2.45, 2.75) is 32.0 Å². The van der Waals surface area contributed by atoms with E-state index in [1.807, 2.05) is 57.6 Å². The minimum Gasteiger partial charge on any atom is -0.376 e. The molecule has 3 aromatic rings. The van der Waals surface area contributed by atoms with Gasteiger partial charge in [0.05, 0.1) is 19.2 Å². The van der Waals surface area contributed by atoms with Gasteiger partial charge in [-0.3, -0.25) is 9.48 Å². The van der Waals surface area contributed by atoms with Crippen molar-refractivity contribution in [3.8, 4) is 0 Å². The van der Waals surface area contributed by atoms with Crippen LogP contribution in [0.3, 0.4) is 0 Å². The number of hydrogen-bond acceptors (Lipinski definition) is 4. The van der Waals surface area contributed by atoms with Crippen LogP contribution < -0.4 is 0 Å². The van der Waals surface area contributed by atoms with Crippen LogP contribution in [-0.2, 0) is 17.8 Å². The highest BCUT2D eigenvalue weighted by atomic mass is 32.1. The first-order valence-corrected chi connectivity index (χ1v) is 10.2. The van der Waals surface area contributed by atoms with E-state index in [2.05, 4.69) is 11.2 Å². The topological polar surface area (TPSA) is 47.4 Å². The van der Waals surface area contributed by atoms with Crippen molar-refractivity contribution in [2.24, 2.45) is 0 Å². The van der Waals surface area contributed by atoms with Crippen molar-refractivity contribution in [3.63, 3.8) is 0 Å². The van der Waals surface area contributed by atoms with Crippen molar-refractivity contribution in [1.29, 1.82) is 0 Å². The van der Waals surface area contributed by atoms with E-state index in [0.29, 0.717) is 25.2 Å². The Bertz CT molecular complexity index is 838. The van der Waals surface area contributed by atoms with Crippen molar-refractivity contribution < 1.29 is 9.53 Å². The van der Waals surface area contributed by atoms with Crippen LogP contribution in [0, 0.1) is 0 Å². The maximum absolute atomic E-state index is 13.1. The van der Waals surface area contributed by atoms with Crippen LogP contribution in [0.15, 0.2) is 60.2 Å². The van der Waals surface area contributed by atoms with Gasteiger partial charge in [0.1, 0.15) is 0 Å². The molecule has 1 aliphatic rings. The third kappa shape index (κ3) is 4.64. The number of amides is 1. The summed E-state index contributed by atoms with van der Waals surface area (Å²) in [4.78, 5) is 16.3. The normalized spacial score (nSPS) is 16.5. The van der Waals surface area contributed by atoms with Gasteiger partial charge in [-0.05, 0) is 48.1 Å². The molecule has 1 aromatic carbocycles. The quantitative estimate of drug-likeness (QED) is 0.625. The number of carbonyl (C=O) groups excluding carboxylic acids is 1. The second kappa shape index (κ2) is 8.50. The van der Waals surface area contributed by atoms with E-state index in [9.17, 15) is 4.79 Å². The van der Waals surface area contributed by atoms with Gasteiger partial charge in [0.25, 0.3) is 5.91 Å². The van der Waals surface area contributed by atoms with Crippen LogP contribution in [0.2, 0.25) is 0 Å². The number of aromatic nitrogens is 2. The fourth-order valence-corrected chi connectivity index (χ4v) is 4.08. The maximum atomic E-state index is 13.1. The zero-order valence-electron chi connectivity index (χ0n) is 15.2. The molecule has 0 radical (unpaired) electrons. The molecule has 1 unspecified atom stereocenters. The second-order valence-electron chi connectivity index (χ2n) is 6.80. The van der Waals surface area contributed by atoms with Gasteiger partial charge in [0.15, 0.2) is 0 Å². The van der Waals surface area contributed by atoms with Gasteiger partial charge in [0.2, 0.25) is 0 Å². The number of nitrogens with zero attached hydrogens (tertiary/aromatic N) is 3. The summed E-state index contributed by atoms with van der Waals surface area (Å²) >= 11 is 1.68. The Hall–Kier alpha value is -2.44. The lowest BCUT2D eigenvalue weighted by molar-refractivity contribution is 0.0509. The Labute approximate surface area is 163 Å². The summed E-state index contributed by atoms with van der Waals surface area (Å²) < 4.78 is 7.64. The molecule has 27 heavy (non-hydrogen) atoms. The molecule has 0 saturated carbocycles. The summed E-state index contributed by atoms with van der Waals surface area (Å²) in [6, 6.07) is 13.8. The van der Waals surface area contributed by atoms with Gasteiger partial charge in [-0.25, -0.2) is 0 Å². The molecule has 1 atom stereocenters. The predicted molar refractivity (Wildman–Crippen MR) is 106 cm³/mol. The van der Waals surface area contributed by atoms with E-state index in [1.165, 1.54) is 4.88 Å². The van der Waals surface area contributed by atoms with Crippen LogP contribution in [0.5, 0.6) is 0 Å². The van der Waals surface area contributed by atoms with Crippen LogP contribution in [0.1, 0.15) is 33.6 Å². The van der Waals surface area contributed by atoms with E-state index >= 15 is 0 Å². The Morgan fingerprint density at radius 1 is 1.26 bits per heavy atom. The summed E-state index contributed by atoms with van der Waals surface area (Å²) in [6.45, 7) is 2.78. The van der Waals surface area contributed by atoms with Gasteiger partial charge in [-0.1, -0.05) is 18.2 Å². The smallest absolute Gasteiger partial charge is 0.254 e. The van der Waals surface area contributed by atoms with E-state index < -0.39 is 0 Å². The van der Waals surface area contributed by atoms with E-state index in [1.54, 1.807) is 17.5 Å². The summed E-state index contributed by atoms with van der Waals surface area (Å²) in [6.07, 6.45) is 5.95. The first kappa shape index (κ1) is 17.9. The second-order valence-corrected chi connectivity index (χ2v) is 7.83. The van der Waals surface area contributed by atoms with Crippen LogP contribution in [-0.4, -0.2) is 39.8 Å². The summed E-state index contributed by atoms with van der Waals surface area (Å²) in [5.41, 5.74) is 1.84. The molecule has 0 N–H and O–H groups in total. The molecule has 1 aliphatic heterocycles. The number of rotatable bonds is 7. The molecular formula is C21H23N3O2S. The zero-order valence-corrected chi connectivity index (χ0v) is 16.0. The van der Waals surface area contributed by atoms with E-state index in [-0.39, 0.29) is 12.0 Å². The van der Waals surface area contributed by atoms with Crippen LogP contribution in [0.25, 0.3) is 0 Å². The van der Waals surface area contributed by atoms with E-state index in [0.717, 1.165) is 25.0 Å². The molecule has 2 aromatic heterocycles. The number of hydrogen-bond donors (Lipinski definition) is 0. The number of thiophene rings is 1. The van der Waals surface area contributed by atoms with Gasteiger partial charge in [-0.15, -0.1) is 11.3 Å². The average Bonchev–Trinajstić information content (AvgIpc) is 3.45. The fourth-order valence-electron chi connectivity index (χ4n) is 3.36. The molecular weight excluding hydrogens is 358 g/mol. The average molecular weight is 382 g/mol. The molecule has 5 nitrogen and oxygen atoms in total. The van der Waals surface area contributed by atoms with Crippen molar-refractivity contribution in [1.82, 2.24) is 14.7 Å². The molecule has 4 rings (SSSR count). The highest BCUT2D eigenvalue weighted by Crippen LogP contribution is 2.19. The third-order valence-corrected chi connectivity index (χ3v) is 5.63. The zero-order chi connectivity index (χ0) is 18.5. The molecule has 0 spiro atoms. The predicted octanol–water partition coefficient (Wildman–Crippen LogP) is 3.81. The third-order valence-electron chi connectivity index (χ3n) is 4.77. The summed E-state index contributed by atoms with van der Waals surface area (Å²) in [5, 5.41) is 6.27. The monoisotopic (exact) mass is 381 g/mol. The van der Waals surface area contributed by atoms with Crippen molar-refractivity contribution in [2.75, 3.05) is 13.2 Å². The van der Waals surface area contributed by atoms with Crippen LogP contribution >= 0.6 is 11.3 Å². The Kier molecular flexibility index (Phi) is 5.65. The van der Waals surface area contributed by atoms with Crippen molar-refractivity contribution >= 4 is 17.2 Å². The lowest BCUT2D eigenvalue weighted by atomic mass is 10.1. The molecule has 1 amide bonds. The summed E-state index contributed by atoms with van der Waals surface area (Å²) in [7, 11) is 0. The molecule has 140 valence electrons. The first-order chi connectivity index (χ1) is 13.3. The molecule has 0 bridgehead atoms. The number of benzene rings is 1. The largest absolute Gasteiger partial charge is 0.376 e. The minimum absolute atomic E-state index is 0.0598. The molecule has 0 aliphatic carbocycles. The molecule has 3 heterocycles. The first-order valence-electron chi connectivity index (χ1n) is 9.27. The summed E-state index contributed by atoms with van der Waals surface area (Å²) in [5.74, 6) is 0.0598. The van der Waals surface area contributed by atoms with Crippen LogP contribution in [0.4, 0.5) is 0 Å². The minimum atomic E-state index is 0.0598. The van der Waals surface area contributed by atoms with Gasteiger partial charge in [-0.2, -0.15) is 5.10 Å². The molecule has 1 fully saturated rings. The fraction of sp³-hybridized carbons (Fsp3) is 0.333.